The molecule has 0 spiro atoms. The van der Waals surface area contributed by atoms with Gasteiger partial charge in [0.1, 0.15) is 6.04 Å². The van der Waals surface area contributed by atoms with Crippen molar-refractivity contribution in [2.45, 2.75) is 44.6 Å². The summed E-state index contributed by atoms with van der Waals surface area (Å²) < 4.78 is 0. The van der Waals surface area contributed by atoms with E-state index in [1.165, 1.54) is 32.1 Å². The smallest absolute Gasteiger partial charge is 0.224 e. The molecule has 1 saturated heterocycles. The lowest BCUT2D eigenvalue weighted by atomic mass is 9.87. The summed E-state index contributed by atoms with van der Waals surface area (Å²) in [4.78, 5) is 13.3. The van der Waals surface area contributed by atoms with Crippen LogP contribution >= 0.6 is 0 Å². The van der Waals surface area contributed by atoms with Gasteiger partial charge in [-0.15, -0.1) is 0 Å². The van der Waals surface area contributed by atoms with Gasteiger partial charge in [0.25, 0.3) is 0 Å². The number of nitrogens with zero attached hydrogens (tertiary/aromatic N) is 2. The summed E-state index contributed by atoms with van der Waals surface area (Å²) in [6.07, 6.45) is 6.97. The van der Waals surface area contributed by atoms with Crippen LogP contribution in [-0.2, 0) is 4.79 Å². The molecule has 0 N–H and O–H groups in total. The number of hydrogen-bond donors (Lipinski definition) is 0. The second-order valence-corrected chi connectivity index (χ2v) is 4.40. The fourth-order valence-electron chi connectivity index (χ4n) is 2.28. The molecule has 0 aromatic carbocycles. The van der Waals surface area contributed by atoms with Crippen LogP contribution in [0.5, 0.6) is 0 Å². The summed E-state index contributed by atoms with van der Waals surface area (Å²) in [7, 11) is 0. The molecule has 1 amide bonds. The quantitative estimate of drug-likeness (QED) is 0.625. The summed E-state index contributed by atoms with van der Waals surface area (Å²) >= 11 is 0. The van der Waals surface area contributed by atoms with Gasteiger partial charge in [-0.3, -0.25) is 4.79 Å². The normalized spacial score (nSPS) is 27.1. The monoisotopic (exact) mass is 192 g/mol. The van der Waals surface area contributed by atoms with Crippen LogP contribution in [0, 0.1) is 17.2 Å². The topological polar surface area (TPSA) is 43.9 Å². The number of nitriles is 1. The van der Waals surface area contributed by atoms with Gasteiger partial charge >= 0.3 is 0 Å². The van der Waals surface area contributed by atoms with E-state index in [-0.39, 0.29) is 11.9 Å². The Bertz CT molecular complexity index is 263. The highest BCUT2D eigenvalue weighted by atomic mass is 16.2. The molecule has 2 aliphatic rings. The summed E-state index contributed by atoms with van der Waals surface area (Å²) in [6.45, 7) is 0.669. The Morgan fingerprint density at radius 3 is 2.64 bits per heavy atom. The standard InChI is InChI=1S/C11H16N2O/c12-7-10-8-13(10)11(14)6-9-4-2-1-3-5-9/h9-10H,1-6,8H2. The van der Waals surface area contributed by atoms with Crippen molar-refractivity contribution >= 4 is 5.91 Å². The number of carbonyl (C=O) groups excluding carboxylic acids is 1. The third-order valence-corrected chi connectivity index (χ3v) is 3.27. The molecule has 0 radical (unpaired) electrons. The molecule has 0 aromatic rings. The largest absolute Gasteiger partial charge is 0.322 e. The van der Waals surface area contributed by atoms with Crippen LogP contribution in [0.1, 0.15) is 38.5 Å². The highest BCUT2D eigenvalue weighted by molar-refractivity contribution is 5.79. The molecular weight excluding hydrogens is 176 g/mol. The third kappa shape index (κ3) is 2.06. The summed E-state index contributed by atoms with van der Waals surface area (Å²) in [5.74, 6) is 0.791. The zero-order chi connectivity index (χ0) is 9.97. The SMILES string of the molecule is N#CC1CN1C(=O)CC1CCCCC1. The molecule has 1 heterocycles. The lowest BCUT2D eigenvalue weighted by Crippen LogP contribution is -2.19. The van der Waals surface area contributed by atoms with Crippen LogP contribution in [0.3, 0.4) is 0 Å². The van der Waals surface area contributed by atoms with Crippen LogP contribution in [0.15, 0.2) is 0 Å². The molecule has 1 unspecified atom stereocenters. The second kappa shape index (κ2) is 4.00. The van der Waals surface area contributed by atoms with Crippen molar-refractivity contribution in [2.75, 3.05) is 6.54 Å². The Balaban J connectivity index is 1.75. The van der Waals surface area contributed by atoms with Gasteiger partial charge in [-0.25, -0.2) is 0 Å². The Hall–Kier alpha value is -1.04. The zero-order valence-electron chi connectivity index (χ0n) is 8.41. The van der Waals surface area contributed by atoms with Gasteiger partial charge in [0.05, 0.1) is 12.6 Å². The number of amides is 1. The molecule has 1 aliphatic heterocycles. The van der Waals surface area contributed by atoms with Crippen LogP contribution in [0.25, 0.3) is 0 Å². The summed E-state index contributed by atoms with van der Waals surface area (Å²) in [5.41, 5.74) is 0. The maximum atomic E-state index is 11.6. The number of rotatable bonds is 2. The minimum atomic E-state index is -0.105. The van der Waals surface area contributed by atoms with E-state index in [0.29, 0.717) is 18.9 Å². The average molecular weight is 192 g/mol. The maximum absolute atomic E-state index is 11.6. The van der Waals surface area contributed by atoms with Gasteiger partial charge in [0, 0.05) is 6.42 Å². The molecule has 3 heteroatoms. The van der Waals surface area contributed by atoms with Crippen LogP contribution in [0.4, 0.5) is 0 Å². The van der Waals surface area contributed by atoms with Crippen molar-refractivity contribution < 1.29 is 4.79 Å². The van der Waals surface area contributed by atoms with E-state index in [1.54, 1.807) is 4.90 Å². The van der Waals surface area contributed by atoms with E-state index < -0.39 is 0 Å². The first-order chi connectivity index (χ1) is 6.81. The first-order valence-corrected chi connectivity index (χ1v) is 5.50. The fraction of sp³-hybridized carbons (Fsp3) is 0.818. The van der Waals surface area contributed by atoms with Crippen molar-refractivity contribution in [1.29, 1.82) is 5.26 Å². The van der Waals surface area contributed by atoms with Crippen molar-refractivity contribution in [1.82, 2.24) is 4.90 Å². The first kappa shape index (κ1) is 9.51. The van der Waals surface area contributed by atoms with Crippen LogP contribution in [-0.4, -0.2) is 23.4 Å². The lowest BCUT2D eigenvalue weighted by Gasteiger charge is -2.20. The van der Waals surface area contributed by atoms with Crippen molar-refractivity contribution in [3.8, 4) is 6.07 Å². The minimum absolute atomic E-state index is 0.105. The predicted molar refractivity (Wildman–Crippen MR) is 52.3 cm³/mol. The van der Waals surface area contributed by atoms with Crippen LogP contribution in [0.2, 0.25) is 0 Å². The van der Waals surface area contributed by atoms with E-state index >= 15 is 0 Å². The van der Waals surface area contributed by atoms with Gasteiger partial charge in [-0.1, -0.05) is 19.3 Å². The Morgan fingerprint density at radius 2 is 2.07 bits per heavy atom. The molecule has 0 bridgehead atoms. The number of hydrogen-bond acceptors (Lipinski definition) is 2. The van der Waals surface area contributed by atoms with Gasteiger partial charge in [-0.2, -0.15) is 5.26 Å². The van der Waals surface area contributed by atoms with Crippen molar-refractivity contribution in [3.05, 3.63) is 0 Å². The average Bonchev–Trinajstić information content (AvgIpc) is 2.98. The maximum Gasteiger partial charge on any atom is 0.224 e. The first-order valence-electron chi connectivity index (χ1n) is 5.50. The molecule has 76 valence electrons. The van der Waals surface area contributed by atoms with E-state index in [9.17, 15) is 4.79 Å². The van der Waals surface area contributed by atoms with E-state index in [1.807, 2.05) is 0 Å². The Kier molecular flexibility index (Phi) is 2.72. The molecule has 2 rings (SSSR count). The predicted octanol–water partition coefficient (Wildman–Crippen LogP) is 1.69. The molecular formula is C11H16N2O. The minimum Gasteiger partial charge on any atom is -0.322 e. The molecule has 14 heavy (non-hydrogen) atoms. The fourth-order valence-corrected chi connectivity index (χ4v) is 2.28. The van der Waals surface area contributed by atoms with E-state index in [4.69, 9.17) is 5.26 Å². The van der Waals surface area contributed by atoms with E-state index in [2.05, 4.69) is 6.07 Å². The van der Waals surface area contributed by atoms with Gasteiger partial charge in [0.15, 0.2) is 0 Å². The Labute approximate surface area is 84.7 Å². The van der Waals surface area contributed by atoms with Gasteiger partial charge in [-0.05, 0) is 18.8 Å². The highest BCUT2D eigenvalue weighted by Gasteiger charge is 2.38. The number of carbonyl (C=O) groups is 1. The van der Waals surface area contributed by atoms with Gasteiger partial charge in [0.2, 0.25) is 5.91 Å². The Morgan fingerprint density at radius 1 is 1.36 bits per heavy atom. The lowest BCUT2D eigenvalue weighted by molar-refractivity contribution is -0.127. The summed E-state index contributed by atoms with van der Waals surface area (Å²) in [6, 6.07) is 2.01. The summed E-state index contributed by atoms with van der Waals surface area (Å²) in [5, 5.41) is 8.59. The molecule has 2 fully saturated rings. The molecule has 0 aromatic heterocycles. The second-order valence-electron chi connectivity index (χ2n) is 4.40. The van der Waals surface area contributed by atoms with Gasteiger partial charge < -0.3 is 4.90 Å². The molecule has 3 nitrogen and oxygen atoms in total. The third-order valence-electron chi connectivity index (χ3n) is 3.27. The van der Waals surface area contributed by atoms with Crippen LogP contribution < -0.4 is 0 Å². The molecule has 1 atom stereocenters. The molecule has 1 aliphatic carbocycles. The van der Waals surface area contributed by atoms with E-state index in [0.717, 1.165) is 0 Å². The van der Waals surface area contributed by atoms with Crippen molar-refractivity contribution in [2.24, 2.45) is 5.92 Å². The molecule has 1 saturated carbocycles. The zero-order valence-corrected chi connectivity index (χ0v) is 8.41. The van der Waals surface area contributed by atoms with Crippen molar-refractivity contribution in [3.63, 3.8) is 0 Å². The highest BCUT2D eigenvalue weighted by Crippen LogP contribution is 2.28.